The van der Waals surface area contributed by atoms with Gasteiger partial charge in [-0.25, -0.2) is 4.98 Å². The second kappa shape index (κ2) is 6.47. The largest absolute Gasteiger partial charge is 0.481 e. The van der Waals surface area contributed by atoms with Crippen molar-refractivity contribution in [1.29, 1.82) is 5.26 Å². The van der Waals surface area contributed by atoms with Crippen molar-refractivity contribution >= 4 is 23.6 Å². The molecule has 0 unspecified atom stereocenters. The van der Waals surface area contributed by atoms with Crippen LogP contribution in [0.2, 0.25) is 0 Å². The van der Waals surface area contributed by atoms with Crippen LogP contribution in [0, 0.1) is 11.3 Å². The highest BCUT2D eigenvalue weighted by molar-refractivity contribution is 8.04. The molecule has 2 saturated heterocycles. The van der Waals surface area contributed by atoms with Crippen LogP contribution < -0.4 is 4.74 Å². The van der Waals surface area contributed by atoms with E-state index in [2.05, 4.69) is 11.1 Å². The molecule has 0 saturated carbocycles. The Morgan fingerprint density at radius 1 is 1.38 bits per heavy atom. The molecule has 2 fully saturated rings. The van der Waals surface area contributed by atoms with Gasteiger partial charge >= 0.3 is 0 Å². The van der Waals surface area contributed by atoms with Gasteiger partial charge in [-0.15, -0.1) is 0 Å². The van der Waals surface area contributed by atoms with Gasteiger partial charge in [-0.3, -0.25) is 9.59 Å². The number of pyridine rings is 1. The average molecular weight is 374 g/mol. The SMILES string of the molecule is CC[C@H](c1ccc(OC)nc1)N1C(=O)[C@@]2(C)S[C@@]1(CCC#N)C(=O)N2C. The Hall–Kier alpha value is -2.27. The van der Waals surface area contributed by atoms with E-state index in [0.717, 1.165) is 5.56 Å². The number of aromatic nitrogens is 1. The molecule has 0 aromatic carbocycles. The van der Waals surface area contributed by atoms with Gasteiger partial charge in [0.25, 0.3) is 11.8 Å². The van der Waals surface area contributed by atoms with Crippen LogP contribution in [-0.2, 0) is 9.59 Å². The van der Waals surface area contributed by atoms with Crippen LogP contribution in [-0.4, -0.2) is 50.5 Å². The van der Waals surface area contributed by atoms with Crippen molar-refractivity contribution in [3.8, 4) is 11.9 Å². The minimum absolute atomic E-state index is 0.0924. The number of ether oxygens (including phenoxy) is 1. The summed E-state index contributed by atoms with van der Waals surface area (Å²) < 4.78 is 5.11. The van der Waals surface area contributed by atoms with E-state index in [1.54, 1.807) is 38.2 Å². The summed E-state index contributed by atoms with van der Waals surface area (Å²) in [6.45, 7) is 3.76. The van der Waals surface area contributed by atoms with Crippen molar-refractivity contribution in [2.75, 3.05) is 14.2 Å². The van der Waals surface area contributed by atoms with Crippen molar-refractivity contribution in [2.24, 2.45) is 0 Å². The molecule has 2 aliphatic rings. The zero-order valence-corrected chi connectivity index (χ0v) is 16.2. The number of likely N-dealkylation sites (N-methyl/N-ethyl adjacent to an activating group) is 1. The maximum Gasteiger partial charge on any atom is 0.260 e. The van der Waals surface area contributed by atoms with Crippen LogP contribution in [0.3, 0.4) is 0 Å². The summed E-state index contributed by atoms with van der Waals surface area (Å²) in [6, 6.07) is 5.46. The molecular weight excluding hydrogens is 352 g/mol. The minimum atomic E-state index is -1.03. The summed E-state index contributed by atoms with van der Waals surface area (Å²) in [4.78, 5) is 31.9. The molecule has 3 heterocycles. The molecule has 138 valence electrons. The van der Waals surface area contributed by atoms with Gasteiger partial charge in [-0.1, -0.05) is 24.8 Å². The molecule has 0 radical (unpaired) electrons. The number of methoxy groups -OCH3 is 1. The van der Waals surface area contributed by atoms with Crippen molar-refractivity contribution in [3.63, 3.8) is 0 Å². The predicted molar refractivity (Wildman–Crippen MR) is 97.0 cm³/mol. The summed E-state index contributed by atoms with van der Waals surface area (Å²) in [7, 11) is 3.21. The van der Waals surface area contributed by atoms with Crippen LogP contribution in [0.15, 0.2) is 18.3 Å². The molecule has 26 heavy (non-hydrogen) atoms. The van der Waals surface area contributed by atoms with E-state index in [4.69, 9.17) is 10.00 Å². The van der Waals surface area contributed by atoms with E-state index in [9.17, 15) is 9.59 Å². The van der Waals surface area contributed by atoms with Gasteiger partial charge in [0.05, 0.1) is 19.2 Å². The van der Waals surface area contributed by atoms with Crippen molar-refractivity contribution in [2.45, 2.75) is 48.9 Å². The fraction of sp³-hybridized carbons (Fsp3) is 0.556. The highest BCUT2D eigenvalue weighted by Crippen LogP contribution is 2.61. The third-order valence-electron chi connectivity index (χ3n) is 5.28. The second-order valence-corrected chi connectivity index (χ2v) is 8.30. The normalized spacial score (nSPS) is 28.4. The van der Waals surface area contributed by atoms with E-state index in [1.807, 2.05) is 13.0 Å². The van der Waals surface area contributed by atoms with E-state index in [1.165, 1.54) is 16.7 Å². The first kappa shape index (κ1) is 18.5. The Morgan fingerprint density at radius 2 is 2.12 bits per heavy atom. The molecule has 3 rings (SSSR count). The Bertz CT molecular complexity index is 778. The number of hydrogen-bond acceptors (Lipinski definition) is 6. The number of rotatable bonds is 6. The van der Waals surface area contributed by atoms with Gasteiger partial charge in [-0.05, 0) is 18.9 Å². The standard InChI is InChI=1S/C18H22N4O3S/c1-5-13(12-7-8-14(25-4)20-11-12)22-15(23)17(2)21(3)16(24)18(22,26-17)9-6-10-19/h7-8,11,13H,5-6,9H2,1-4H3/t13-,17-,18+/m1/s1. The molecule has 0 aliphatic carbocycles. The smallest absolute Gasteiger partial charge is 0.260 e. The number of hydrogen-bond donors (Lipinski definition) is 0. The summed E-state index contributed by atoms with van der Waals surface area (Å²) in [6.07, 6.45) is 2.86. The van der Waals surface area contributed by atoms with Gasteiger partial charge in [0, 0.05) is 32.2 Å². The van der Waals surface area contributed by atoms with E-state index in [0.29, 0.717) is 18.7 Å². The van der Waals surface area contributed by atoms with Crippen molar-refractivity contribution in [1.82, 2.24) is 14.8 Å². The van der Waals surface area contributed by atoms with Crippen LogP contribution in [0.5, 0.6) is 5.88 Å². The van der Waals surface area contributed by atoms with Crippen LogP contribution in [0.25, 0.3) is 0 Å². The van der Waals surface area contributed by atoms with Crippen LogP contribution in [0.4, 0.5) is 0 Å². The monoisotopic (exact) mass is 374 g/mol. The molecule has 0 N–H and O–H groups in total. The number of nitrogens with zero attached hydrogens (tertiary/aromatic N) is 4. The Balaban J connectivity index is 2.06. The number of nitriles is 1. The summed E-state index contributed by atoms with van der Waals surface area (Å²) in [5.74, 6) is 0.291. The molecule has 1 aromatic rings. The first-order valence-electron chi connectivity index (χ1n) is 8.54. The fourth-order valence-electron chi connectivity index (χ4n) is 3.80. The highest BCUT2D eigenvalue weighted by Gasteiger charge is 2.72. The van der Waals surface area contributed by atoms with Gasteiger partial charge in [0.1, 0.15) is 0 Å². The molecule has 3 atom stereocenters. The van der Waals surface area contributed by atoms with Gasteiger partial charge in [0.2, 0.25) is 5.88 Å². The maximum atomic E-state index is 13.3. The Labute approximate surface area is 157 Å². The Morgan fingerprint density at radius 3 is 2.65 bits per heavy atom. The third-order valence-corrected chi connectivity index (χ3v) is 7.04. The number of piperazine rings is 1. The lowest BCUT2D eigenvalue weighted by atomic mass is 9.95. The van der Waals surface area contributed by atoms with Crippen LogP contribution in [0.1, 0.15) is 44.7 Å². The lowest BCUT2D eigenvalue weighted by Crippen LogP contribution is -2.63. The maximum absolute atomic E-state index is 13.3. The van der Waals surface area contributed by atoms with Crippen LogP contribution >= 0.6 is 11.8 Å². The topological polar surface area (TPSA) is 86.5 Å². The van der Waals surface area contributed by atoms with E-state index < -0.39 is 9.74 Å². The lowest BCUT2D eigenvalue weighted by Gasteiger charge is -2.44. The number of thioether (sulfide) groups is 1. The first-order chi connectivity index (χ1) is 12.4. The third kappa shape index (κ3) is 2.37. The van der Waals surface area contributed by atoms with Crippen molar-refractivity contribution in [3.05, 3.63) is 23.9 Å². The first-order valence-corrected chi connectivity index (χ1v) is 9.36. The van der Waals surface area contributed by atoms with Crippen molar-refractivity contribution < 1.29 is 14.3 Å². The molecule has 7 nitrogen and oxygen atoms in total. The fourth-order valence-corrected chi connectivity index (χ4v) is 5.60. The molecule has 2 aliphatic heterocycles. The predicted octanol–water partition coefficient (Wildman–Crippen LogP) is 2.30. The molecule has 8 heteroatoms. The van der Waals surface area contributed by atoms with Gasteiger partial charge in [-0.2, -0.15) is 5.26 Å². The highest BCUT2D eigenvalue weighted by atomic mass is 32.2. The van der Waals surface area contributed by atoms with Gasteiger partial charge in [0.15, 0.2) is 9.74 Å². The number of amides is 2. The molecule has 0 spiro atoms. The van der Waals surface area contributed by atoms with Gasteiger partial charge < -0.3 is 14.5 Å². The number of fused-ring (bicyclic) bond motifs is 2. The quantitative estimate of drug-likeness (QED) is 0.759. The zero-order chi connectivity index (χ0) is 19.1. The van der Waals surface area contributed by atoms with E-state index in [-0.39, 0.29) is 24.3 Å². The summed E-state index contributed by atoms with van der Waals surface area (Å²) in [5, 5.41) is 9.08. The second-order valence-electron chi connectivity index (χ2n) is 6.62. The number of carbonyl (C=O) groups is 2. The minimum Gasteiger partial charge on any atom is -0.481 e. The molecule has 1 aromatic heterocycles. The molecular formula is C18H22N4O3S. The molecule has 2 amide bonds. The Kier molecular flexibility index (Phi) is 4.61. The summed E-state index contributed by atoms with van der Waals surface area (Å²) >= 11 is 1.36. The zero-order valence-electron chi connectivity index (χ0n) is 15.4. The number of carbonyl (C=O) groups excluding carboxylic acids is 2. The lowest BCUT2D eigenvalue weighted by molar-refractivity contribution is -0.162. The summed E-state index contributed by atoms with van der Waals surface area (Å²) in [5.41, 5.74) is 0.852. The molecule has 2 bridgehead atoms. The van der Waals surface area contributed by atoms with E-state index >= 15 is 0 Å². The average Bonchev–Trinajstić information content (AvgIpc) is 3.00.